The Bertz CT molecular complexity index is 205. The topological polar surface area (TPSA) is 27.7 Å². The smallest absolute Gasteiger partial charge is 0.161 e. The molecule has 1 rings (SSSR count). The van der Waals surface area contributed by atoms with Crippen molar-refractivity contribution in [1.29, 1.82) is 0 Å². The van der Waals surface area contributed by atoms with Crippen LogP contribution in [0.25, 0.3) is 0 Å². The van der Waals surface area contributed by atoms with E-state index in [1.165, 1.54) is 0 Å². The van der Waals surface area contributed by atoms with Gasteiger partial charge in [0, 0.05) is 19.4 Å². The third-order valence-electron chi connectivity index (χ3n) is 3.50. The Hall–Kier alpha value is -0.120. The van der Waals surface area contributed by atoms with Crippen LogP contribution in [0, 0.1) is 5.92 Å². The number of ether oxygens (including phenoxy) is 3. The van der Waals surface area contributed by atoms with E-state index in [2.05, 4.69) is 20.8 Å². The van der Waals surface area contributed by atoms with Crippen LogP contribution in [-0.4, -0.2) is 31.2 Å². The molecule has 0 aromatic carbocycles. The summed E-state index contributed by atoms with van der Waals surface area (Å²) >= 11 is 0. The molecule has 0 N–H and O–H groups in total. The SMILES string of the molecule is CO[C@]1(C)C[C@H](OC(C)C)O[C@@H](C)[C@@H]1C. The molecule has 0 aromatic heterocycles. The lowest BCUT2D eigenvalue weighted by Gasteiger charge is -2.45. The first kappa shape index (κ1) is 12.9. The van der Waals surface area contributed by atoms with E-state index < -0.39 is 0 Å². The van der Waals surface area contributed by atoms with E-state index in [4.69, 9.17) is 14.2 Å². The van der Waals surface area contributed by atoms with E-state index >= 15 is 0 Å². The Balaban J connectivity index is 2.67. The van der Waals surface area contributed by atoms with Crippen molar-refractivity contribution in [2.24, 2.45) is 5.92 Å². The van der Waals surface area contributed by atoms with Gasteiger partial charge in [-0.15, -0.1) is 0 Å². The van der Waals surface area contributed by atoms with E-state index in [1.807, 2.05) is 13.8 Å². The summed E-state index contributed by atoms with van der Waals surface area (Å²) in [4.78, 5) is 0. The fraction of sp³-hybridized carbons (Fsp3) is 1.00. The lowest BCUT2D eigenvalue weighted by atomic mass is 9.81. The van der Waals surface area contributed by atoms with Crippen LogP contribution in [0.1, 0.15) is 41.0 Å². The number of hydrogen-bond acceptors (Lipinski definition) is 3. The first-order valence-electron chi connectivity index (χ1n) is 5.75. The van der Waals surface area contributed by atoms with E-state index in [-0.39, 0.29) is 24.1 Å². The van der Waals surface area contributed by atoms with Crippen LogP contribution in [0.4, 0.5) is 0 Å². The third-order valence-corrected chi connectivity index (χ3v) is 3.50. The van der Waals surface area contributed by atoms with Gasteiger partial charge in [0.05, 0.1) is 17.8 Å². The molecular formula is C12H24O3. The van der Waals surface area contributed by atoms with Crippen molar-refractivity contribution in [1.82, 2.24) is 0 Å². The van der Waals surface area contributed by atoms with Crippen LogP contribution in [0.15, 0.2) is 0 Å². The van der Waals surface area contributed by atoms with Crippen LogP contribution in [-0.2, 0) is 14.2 Å². The molecule has 0 saturated carbocycles. The van der Waals surface area contributed by atoms with E-state index in [1.54, 1.807) is 7.11 Å². The maximum atomic E-state index is 5.80. The Kier molecular flexibility index (Phi) is 4.15. The van der Waals surface area contributed by atoms with Gasteiger partial charge in [0.25, 0.3) is 0 Å². The van der Waals surface area contributed by atoms with Crippen molar-refractivity contribution in [3.63, 3.8) is 0 Å². The second kappa shape index (κ2) is 4.81. The fourth-order valence-corrected chi connectivity index (χ4v) is 2.07. The van der Waals surface area contributed by atoms with Crippen molar-refractivity contribution in [3.05, 3.63) is 0 Å². The quantitative estimate of drug-likeness (QED) is 0.725. The van der Waals surface area contributed by atoms with E-state index in [0.29, 0.717) is 5.92 Å². The summed E-state index contributed by atoms with van der Waals surface area (Å²) in [5.41, 5.74) is -0.142. The Morgan fingerprint density at radius 3 is 2.40 bits per heavy atom. The summed E-state index contributed by atoms with van der Waals surface area (Å²) in [7, 11) is 1.76. The van der Waals surface area contributed by atoms with Gasteiger partial charge in [-0.2, -0.15) is 0 Å². The largest absolute Gasteiger partial charge is 0.378 e. The average Bonchev–Trinajstić information content (AvgIpc) is 2.13. The molecule has 1 aliphatic heterocycles. The summed E-state index contributed by atoms with van der Waals surface area (Å²) in [6.07, 6.45) is 1.03. The number of methoxy groups -OCH3 is 1. The van der Waals surface area contributed by atoms with Crippen LogP contribution in [0.3, 0.4) is 0 Å². The molecule has 1 heterocycles. The maximum Gasteiger partial charge on any atom is 0.161 e. The molecule has 90 valence electrons. The van der Waals surface area contributed by atoms with Gasteiger partial charge >= 0.3 is 0 Å². The molecule has 0 spiro atoms. The predicted octanol–water partition coefficient (Wildman–Crippen LogP) is 2.59. The highest BCUT2D eigenvalue weighted by Crippen LogP contribution is 2.36. The molecule has 3 nitrogen and oxygen atoms in total. The highest BCUT2D eigenvalue weighted by atomic mass is 16.7. The van der Waals surface area contributed by atoms with Crippen molar-refractivity contribution >= 4 is 0 Å². The van der Waals surface area contributed by atoms with Crippen LogP contribution < -0.4 is 0 Å². The molecule has 1 fully saturated rings. The molecule has 0 unspecified atom stereocenters. The standard InChI is InChI=1S/C12H24O3/c1-8(2)14-11-7-12(5,13-6)9(3)10(4)15-11/h8-11H,7H2,1-6H3/t9-,10-,11+,12+/m0/s1. The van der Waals surface area contributed by atoms with Gasteiger partial charge in [-0.05, 0) is 27.7 Å². The molecule has 1 aliphatic rings. The van der Waals surface area contributed by atoms with Gasteiger partial charge in [-0.1, -0.05) is 6.92 Å². The second-order valence-electron chi connectivity index (χ2n) is 4.97. The number of hydrogen-bond donors (Lipinski definition) is 0. The summed E-state index contributed by atoms with van der Waals surface area (Å²) in [6.45, 7) is 10.4. The maximum absolute atomic E-state index is 5.80. The summed E-state index contributed by atoms with van der Waals surface area (Å²) < 4.78 is 17.1. The van der Waals surface area contributed by atoms with Gasteiger partial charge in [-0.3, -0.25) is 0 Å². The van der Waals surface area contributed by atoms with Gasteiger partial charge < -0.3 is 14.2 Å². The Morgan fingerprint density at radius 2 is 1.93 bits per heavy atom. The number of rotatable bonds is 3. The molecule has 0 radical (unpaired) electrons. The summed E-state index contributed by atoms with van der Waals surface area (Å²) in [5.74, 6) is 0.384. The van der Waals surface area contributed by atoms with Crippen molar-refractivity contribution < 1.29 is 14.2 Å². The third kappa shape index (κ3) is 2.92. The van der Waals surface area contributed by atoms with Crippen LogP contribution >= 0.6 is 0 Å². The molecule has 1 saturated heterocycles. The van der Waals surface area contributed by atoms with Crippen molar-refractivity contribution in [2.75, 3.05) is 7.11 Å². The van der Waals surface area contributed by atoms with E-state index in [9.17, 15) is 0 Å². The first-order chi connectivity index (χ1) is 6.89. The van der Waals surface area contributed by atoms with Crippen LogP contribution in [0.5, 0.6) is 0 Å². The lowest BCUT2D eigenvalue weighted by Crippen LogP contribution is -2.51. The highest BCUT2D eigenvalue weighted by Gasteiger charge is 2.43. The van der Waals surface area contributed by atoms with Crippen molar-refractivity contribution in [2.45, 2.75) is 65.1 Å². The minimum absolute atomic E-state index is 0.138. The minimum Gasteiger partial charge on any atom is -0.378 e. The monoisotopic (exact) mass is 216 g/mol. The first-order valence-corrected chi connectivity index (χ1v) is 5.75. The zero-order chi connectivity index (χ0) is 11.6. The van der Waals surface area contributed by atoms with Gasteiger partial charge in [0.1, 0.15) is 0 Å². The molecule has 0 bridgehead atoms. The minimum atomic E-state index is -0.142. The summed E-state index contributed by atoms with van der Waals surface area (Å²) in [5, 5.41) is 0. The molecule has 3 heteroatoms. The molecule has 0 amide bonds. The van der Waals surface area contributed by atoms with Gasteiger partial charge in [0.2, 0.25) is 0 Å². The second-order valence-corrected chi connectivity index (χ2v) is 4.97. The van der Waals surface area contributed by atoms with Crippen LogP contribution in [0.2, 0.25) is 0 Å². The Labute approximate surface area is 93.1 Å². The van der Waals surface area contributed by atoms with Gasteiger partial charge in [0.15, 0.2) is 6.29 Å². The lowest BCUT2D eigenvalue weighted by molar-refractivity contribution is -0.268. The fourth-order valence-electron chi connectivity index (χ4n) is 2.07. The Morgan fingerprint density at radius 1 is 1.33 bits per heavy atom. The molecule has 4 atom stereocenters. The highest BCUT2D eigenvalue weighted by molar-refractivity contribution is 4.89. The molecule has 15 heavy (non-hydrogen) atoms. The average molecular weight is 216 g/mol. The normalized spacial score (nSPS) is 42.2. The zero-order valence-electron chi connectivity index (χ0n) is 10.7. The summed E-state index contributed by atoms with van der Waals surface area (Å²) in [6, 6.07) is 0. The van der Waals surface area contributed by atoms with Gasteiger partial charge in [-0.25, -0.2) is 0 Å². The molecule has 0 aliphatic carbocycles. The predicted molar refractivity (Wildman–Crippen MR) is 59.8 cm³/mol. The molecular weight excluding hydrogens is 192 g/mol. The van der Waals surface area contributed by atoms with Crippen molar-refractivity contribution in [3.8, 4) is 0 Å². The molecule has 0 aromatic rings. The zero-order valence-corrected chi connectivity index (χ0v) is 10.7. The van der Waals surface area contributed by atoms with E-state index in [0.717, 1.165) is 6.42 Å².